The van der Waals surface area contributed by atoms with Crippen LogP contribution in [-0.4, -0.2) is 32.9 Å². The molecule has 0 fully saturated rings. The van der Waals surface area contributed by atoms with Gasteiger partial charge in [-0.3, -0.25) is 9.59 Å². The number of carboxylic acid groups (broad SMARTS) is 1. The molecule has 150 valence electrons. The molecule has 2 aromatic carbocycles. The fraction of sp³-hybridized carbons (Fsp3) is 0.238. The van der Waals surface area contributed by atoms with E-state index in [0.29, 0.717) is 28.8 Å². The fourth-order valence-electron chi connectivity index (χ4n) is 2.64. The van der Waals surface area contributed by atoms with Gasteiger partial charge in [0.1, 0.15) is 0 Å². The zero-order chi connectivity index (χ0) is 20.6. The minimum Gasteiger partial charge on any atom is -0.481 e. The highest BCUT2D eigenvalue weighted by Crippen LogP contribution is 2.19. The maximum absolute atomic E-state index is 12.1. The Bertz CT molecular complexity index is 968. The minimum atomic E-state index is -0.893. The topological polar surface area (TPSA) is 105 Å². The largest absolute Gasteiger partial charge is 0.481 e. The second kappa shape index (κ2) is 9.88. The predicted octanol–water partition coefficient (Wildman–Crippen LogP) is 3.58. The van der Waals surface area contributed by atoms with Crippen LogP contribution in [0.25, 0.3) is 0 Å². The Morgan fingerprint density at radius 3 is 2.31 bits per heavy atom. The number of carboxylic acids is 1. The number of anilines is 1. The molecule has 3 aromatic rings. The molecule has 1 heterocycles. The lowest BCUT2D eigenvalue weighted by molar-refractivity contribution is -0.136. The van der Waals surface area contributed by atoms with Gasteiger partial charge in [-0.1, -0.05) is 55.1 Å². The number of aromatic nitrogens is 2. The molecule has 0 atom stereocenters. The van der Waals surface area contributed by atoms with Gasteiger partial charge in [-0.15, -0.1) is 10.2 Å². The van der Waals surface area contributed by atoms with E-state index in [0.717, 1.165) is 12.0 Å². The summed E-state index contributed by atoms with van der Waals surface area (Å²) in [6.45, 7) is 2.11. The SMILES string of the molecule is CCc1ccc(Cc2nnc(SCC(=O)Nc3ccc(CC(=O)O)cc3)o2)cc1. The van der Waals surface area contributed by atoms with Gasteiger partial charge in [0.25, 0.3) is 5.22 Å². The van der Waals surface area contributed by atoms with E-state index >= 15 is 0 Å². The van der Waals surface area contributed by atoms with Crippen molar-refractivity contribution in [3.63, 3.8) is 0 Å². The van der Waals surface area contributed by atoms with Crippen LogP contribution in [-0.2, 0) is 28.9 Å². The van der Waals surface area contributed by atoms with Crippen LogP contribution in [0.3, 0.4) is 0 Å². The van der Waals surface area contributed by atoms with Gasteiger partial charge in [0.2, 0.25) is 11.8 Å². The molecule has 7 nitrogen and oxygen atoms in total. The minimum absolute atomic E-state index is 0.0493. The van der Waals surface area contributed by atoms with Crippen molar-refractivity contribution in [3.05, 3.63) is 71.1 Å². The number of rotatable bonds is 9. The highest BCUT2D eigenvalue weighted by Gasteiger charge is 2.11. The van der Waals surface area contributed by atoms with Gasteiger partial charge in [-0.05, 0) is 35.2 Å². The monoisotopic (exact) mass is 411 g/mol. The standard InChI is InChI=1S/C21H21N3O4S/c1-2-14-3-5-15(6-4-14)11-19-23-24-21(28-19)29-13-18(25)22-17-9-7-16(8-10-17)12-20(26)27/h3-10H,2,11-13H2,1H3,(H,22,25)(H,26,27). The van der Waals surface area contributed by atoms with E-state index in [9.17, 15) is 9.59 Å². The zero-order valence-corrected chi connectivity index (χ0v) is 16.7. The van der Waals surface area contributed by atoms with Crippen molar-refractivity contribution in [1.82, 2.24) is 10.2 Å². The number of carbonyl (C=O) groups is 2. The molecule has 0 saturated heterocycles. The Hall–Kier alpha value is -3.13. The average Bonchev–Trinajstić information content (AvgIpc) is 3.15. The van der Waals surface area contributed by atoms with E-state index < -0.39 is 5.97 Å². The predicted molar refractivity (Wildman–Crippen MR) is 110 cm³/mol. The van der Waals surface area contributed by atoms with Gasteiger partial charge in [-0.25, -0.2) is 0 Å². The number of nitrogens with one attached hydrogen (secondary N) is 1. The first-order valence-corrected chi connectivity index (χ1v) is 10.1. The van der Waals surface area contributed by atoms with Crippen molar-refractivity contribution in [2.45, 2.75) is 31.4 Å². The molecule has 8 heteroatoms. The smallest absolute Gasteiger partial charge is 0.307 e. The van der Waals surface area contributed by atoms with Crippen LogP contribution in [0.2, 0.25) is 0 Å². The molecule has 1 aromatic heterocycles. The van der Waals surface area contributed by atoms with E-state index in [2.05, 4.69) is 34.6 Å². The summed E-state index contributed by atoms with van der Waals surface area (Å²) < 4.78 is 5.60. The number of aliphatic carboxylic acids is 1. The van der Waals surface area contributed by atoms with Crippen molar-refractivity contribution in [3.8, 4) is 0 Å². The van der Waals surface area contributed by atoms with E-state index in [1.54, 1.807) is 24.3 Å². The van der Waals surface area contributed by atoms with Crippen molar-refractivity contribution in [1.29, 1.82) is 0 Å². The Labute approximate surface area is 172 Å². The second-order valence-electron chi connectivity index (χ2n) is 6.41. The second-order valence-corrected chi connectivity index (χ2v) is 7.34. The Balaban J connectivity index is 1.47. The van der Waals surface area contributed by atoms with Crippen molar-refractivity contribution in [2.24, 2.45) is 0 Å². The van der Waals surface area contributed by atoms with Crippen LogP contribution in [0.15, 0.2) is 58.2 Å². The van der Waals surface area contributed by atoms with Crippen LogP contribution in [0.4, 0.5) is 5.69 Å². The van der Waals surface area contributed by atoms with E-state index in [4.69, 9.17) is 9.52 Å². The Kier molecular flexibility index (Phi) is 7.02. The maximum Gasteiger partial charge on any atom is 0.307 e. The molecule has 1 amide bonds. The summed E-state index contributed by atoms with van der Waals surface area (Å²) in [5, 5.41) is 19.9. The summed E-state index contributed by atoms with van der Waals surface area (Å²) in [6.07, 6.45) is 1.49. The Morgan fingerprint density at radius 2 is 1.66 bits per heavy atom. The molecule has 0 aliphatic rings. The zero-order valence-electron chi connectivity index (χ0n) is 15.9. The van der Waals surface area contributed by atoms with Crippen molar-refractivity contribution < 1.29 is 19.1 Å². The van der Waals surface area contributed by atoms with Crippen molar-refractivity contribution >= 4 is 29.3 Å². The van der Waals surface area contributed by atoms with Crippen molar-refractivity contribution in [2.75, 3.05) is 11.1 Å². The normalized spacial score (nSPS) is 10.7. The van der Waals surface area contributed by atoms with Gasteiger partial charge in [0, 0.05) is 5.69 Å². The number of carbonyl (C=O) groups excluding carboxylic acids is 1. The van der Waals surface area contributed by atoms with Crippen LogP contribution < -0.4 is 5.32 Å². The molecule has 29 heavy (non-hydrogen) atoms. The molecule has 3 rings (SSSR count). The highest BCUT2D eigenvalue weighted by molar-refractivity contribution is 7.99. The average molecular weight is 411 g/mol. The van der Waals surface area contributed by atoms with E-state index in [1.165, 1.54) is 17.3 Å². The molecular formula is C21H21N3O4S. The summed E-state index contributed by atoms with van der Waals surface area (Å²) >= 11 is 1.17. The van der Waals surface area contributed by atoms with Gasteiger partial charge in [-0.2, -0.15) is 0 Å². The first-order chi connectivity index (χ1) is 14.0. The summed E-state index contributed by atoms with van der Waals surface area (Å²) in [5.41, 5.74) is 3.64. The number of amides is 1. The number of benzene rings is 2. The lowest BCUT2D eigenvalue weighted by atomic mass is 10.1. The van der Waals surface area contributed by atoms with Gasteiger partial charge >= 0.3 is 5.97 Å². The highest BCUT2D eigenvalue weighted by atomic mass is 32.2. The van der Waals surface area contributed by atoms with E-state index in [-0.39, 0.29) is 18.1 Å². The quantitative estimate of drug-likeness (QED) is 0.519. The molecule has 0 spiro atoms. The molecule has 2 N–H and O–H groups in total. The lowest BCUT2D eigenvalue weighted by Gasteiger charge is -2.05. The summed E-state index contributed by atoms with van der Waals surface area (Å²) in [6, 6.07) is 15.0. The summed E-state index contributed by atoms with van der Waals surface area (Å²) in [5.74, 6) is -0.471. The molecule has 0 saturated carbocycles. The number of aryl methyl sites for hydroxylation is 1. The third kappa shape index (κ3) is 6.46. The number of nitrogens with zero attached hydrogens (tertiary/aromatic N) is 2. The number of hydrogen-bond acceptors (Lipinski definition) is 6. The fourth-order valence-corrected chi connectivity index (χ4v) is 3.22. The third-order valence-corrected chi connectivity index (χ3v) is 4.97. The first kappa shape index (κ1) is 20.6. The Morgan fingerprint density at radius 1 is 1.00 bits per heavy atom. The summed E-state index contributed by atoms with van der Waals surface area (Å²) in [7, 11) is 0. The number of thioether (sulfide) groups is 1. The van der Waals surface area contributed by atoms with Crippen LogP contribution in [0.5, 0.6) is 0 Å². The number of hydrogen-bond donors (Lipinski definition) is 2. The molecule has 0 unspecified atom stereocenters. The van der Waals surface area contributed by atoms with Gasteiger partial charge < -0.3 is 14.8 Å². The molecule has 0 aliphatic carbocycles. The molecule has 0 radical (unpaired) electrons. The van der Waals surface area contributed by atoms with Crippen LogP contribution in [0, 0.1) is 0 Å². The maximum atomic E-state index is 12.1. The molecular weight excluding hydrogens is 390 g/mol. The third-order valence-electron chi connectivity index (χ3n) is 4.15. The van der Waals surface area contributed by atoms with Gasteiger partial charge in [0.05, 0.1) is 18.6 Å². The molecule has 0 bridgehead atoms. The molecule has 0 aliphatic heterocycles. The van der Waals surface area contributed by atoms with Crippen LogP contribution >= 0.6 is 11.8 Å². The summed E-state index contributed by atoms with van der Waals surface area (Å²) in [4.78, 5) is 22.8. The lowest BCUT2D eigenvalue weighted by Crippen LogP contribution is -2.14. The van der Waals surface area contributed by atoms with E-state index in [1.807, 2.05) is 12.1 Å². The van der Waals surface area contributed by atoms with Crippen LogP contribution in [0.1, 0.15) is 29.5 Å². The first-order valence-electron chi connectivity index (χ1n) is 9.15. The van der Waals surface area contributed by atoms with Gasteiger partial charge in [0.15, 0.2) is 0 Å².